The van der Waals surface area contributed by atoms with Crippen molar-refractivity contribution in [1.82, 2.24) is 29.2 Å². The zero-order valence-electron chi connectivity index (χ0n) is 19.2. The molecular weight excluding hydrogens is 416 g/mol. The first kappa shape index (κ1) is 20.9. The third-order valence-electron chi connectivity index (χ3n) is 5.84. The number of nitrogens with zero attached hydrogens (tertiary/aromatic N) is 6. The minimum absolute atomic E-state index is 0.104. The lowest BCUT2D eigenvalue weighted by molar-refractivity contribution is 0.0782. The van der Waals surface area contributed by atoms with Crippen LogP contribution in [0.25, 0.3) is 33.5 Å². The molecule has 168 valence electrons. The first-order valence-electron chi connectivity index (χ1n) is 11.1. The lowest BCUT2D eigenvalue weighted by Crippen LogP contribution is -2.28. The number of rotatable bonds is 6. The zero-order chi connectivity index (χ0) is 23.1. The lowest BCUT2D eigenvalue weighted by Gasteiger charge is -2.18. The van der Waals surface area contributed by atoms with Crippen molar-refractivity contribution in [2.75, 3.05) is 7.05 Å². The number of furan rings is 1. The molecule has 0 aliphatic heterocycles. The number of aromatic nitrogens is 5. The first-order chi connectivity index (χ1) is 16.0. The van der Waals surface area contributed by atoms with Crippen molar-refractivity contribution in [3.05, 3.63) is 66.3 Å². The molecule has 33 heavy (non-hydrogen) atoms. The number of hydrogen-bond acceptors (Lipinski definition) is 5. The van der Waals surface area contributed by atoms with Gasteiger partial charge in [0, 0.05) is 19.6 Å². The van der Waals surface area contributed by atoms with E-state index in [4.69, 9.17) is 14.4 Å². The van der Waals surface area contributed by atoms with Gasteiger partial charge in [-0.05, 0) is 51.1 Å². The summed E-state index contributed by atoms with van der Waals surface area (Å²) in [6.45, 7) is 7.33. The number of benzene rings is 1. The summed E-state index contributed by atoms with van der Waals surface area (Å²) >= 11 is 0. The highest BCUT2D eigenvalue weighted by Gasteiger charge is 2.23. The van der Waals surface area contributed by atoms with E-state index in [0.29, 0.717) is 29.2 Å². The topological polar surface area (TPSA) is 82.0 Å². The molecule has 0 aliphatic carbocycles. The molecule has 0 radical (unpaired) electrons. The summed E-state index contributed by atoms with van der Waals surface area (Å²) in [5.74, 6) is 1.34. The van der Waals surface area contributed by atoms with Gasteiger partial charge in [0.05, 0.1) is 41.0 Å². The Morgan fingerprint density at radius 2 is 1.97 bits per heavy atom. The number of carbonyl (C=O) groups is 1. The Balaban J connectivity index is 1.56. The molecule has 8 nitrogen and oxygen atoms in total. The maximum atomic E-state index is 13.7. The van der Waals surface area contributed by atoms with Crippen LogP contribution in [-0.4, -0.2) is 42.2 Å². The van der Waals surface area contributed by atoms with Crippen molar-refractivity contribution in [3.8, 4) is 11.5 Å². The first-order valence-corrected chi connectivity index (χ1v) is 11.1. The van der Waals surface area contributed by atoms with Crippen LogP contribution in [-0.2, 0) is 13.1 Å². The van der Waals surface area contributed by atoms with Gasteiger partial charge in [0.25, 0.3) is 5.91 Å². The largest absolute Gasteiger partial charge is 0.463 e. The second kappa shape index (κ2) is 8.20. The number of hydrogen-bond donors (Lipinski definition) is 0. The van der Waals surface area contributed by atoms with Crippen molar-refractivity contribution in [2.24, 2.45) is 0 Å². The molecule has 0 spiro atoms. The highest BCUT2D eigenvalue weighted by molar-refractivity contribution is 6.06. The van der Waals surface area contributed by atoms with Crippen molar-refractivity contribution >= 4 is 28.0 Å². The molecule has 1 amide bonds. The zero-order valence-corrected chi connectivity index (χ0v) is 19.2. The highest BCUT2D eigenvalue weighted by Crippen LogP contribution is 2.28. The quantitative estimate of drug-likeness (QED) is 0.373. The predicted octanol–water partition coefficient (Wildman–Crippen LogP) is 4.91. The average Bonchev–Trinajstić information content (AvgIpc) is 3.55. The SMILES string of the molecule is CCn1c(CN(C)C(=O)c2cc(-c3ccco3)nc3c2cnn3C(C)C)nc2ccccc21. The van der Waals surface area contributed by atoms with Crippen LogP contribution in [0.15, 0.2) is 59.3 Å². The van der Waals surface area contributed by atoms with Crippen molar-refractivity contribution in [3.63, 3.8) is 0 Å². The van der Waals surface area contributed by atoms with Gasteiger partial charge in [0.2, 0.25) is 0 Å². The molecule has 8 heteroatoms. The molecule has 1 aromatic carbocycles. The Morgan fingerprint density at radius 3 is 2.70 bits per heavy atom. The van der Waals surface area contributed by atoms with Crippen LogP contribution in [0.4, 0.5) is 0 Å². The van der Waals surface area contributed by atoms with E-state index in [1.807, 2.05) is 48.9 Å². The van der Waals surface area contributed by atoms with E-state index >= 15 is 0 Å². The van der Waals surface area contributed by atoms with Gasteiger partial charge < -0.3 is 13.9 Å². The van der Waals surface area contributed by atoms with Crippen molar-refractivity contribution in [2.45, 2.75) is 39.9 Å². The van der Waals surface area contributed by atoms with Gasteiger partial charge in [-0.1, -0.05) is 12.1 Å². The van der Waals surface area contributed by atoms with E-state index in [1.165, 1.54) is 0 Å². The smallest absolute Gasteiger partial charge is 0.254 e. The van der Waals surface area contributed by atoms with E-state index < -0.39 is 0 Å². The Kier molecular flexibility index (Phi) is 5.20. The molecule has 0 N–H and O–H groups in total. The summed E-state index contributed by atoms with van der Waals surface area (Å²) < 4.78 is 9.54. The summed E-state index contributed by atoms with van der Waals surface area (Å²) in [4.78, 5) is 24.9. The molecule has 0 saturated carbocycles. The molecule has 5 rings (SSSR count). The fourth-order valence-electron chi connectivity index (χ4n) is 4.21. The molecule has 0 unspecified atom stereocenters. The minimum atomic E-state index is -0.117. The average molecular weight is 443 g/mol. The normalized spacial score (nSPS) is 11.7. The standard InChI is InChI=1S/C25H26N6O2/c1-5-30-21-10-7-6-9-19(21)27-23(30)15-29(4)25(32)17-13-20(22-11-8-12-33-22)28-24-18(17)14-26-31(24)16(2)3/h6-14,16H,5,15H2,1-4H3. The van der Waals surface area contributed by atoms with Crippen LogP contribution in [0.2, 0.25) is 0 Å². The number of fused-ring (bicyclic) bond motifs is 2. The fraction of sp³-hybridized carbons (Fsp3) is 0.280. The number of amides is 1. The summed E-state index contributed by atoms with van der Waals surface area (Å²) in [7, 11) is 1.80. The second-order valence-corrected chi connectivity index (χ2v) is 8.37. The van der Waals surface area contributed by atoms with Gasteiger partial charge in [-0.25, -0.2) is 14.6 Å². The van der Waals surface area contributed by atoms with E-state index in [2.05, 4.69) is 22.7 Å². The lowest BCUT2D eigenvalue weighted by atomic mass is 10.1. The predicted molar refractivity (Wildman–Crippen MR) is 127 cm³/mol. The molecule has 0 bridgehead atoms. The van der Waals surface area contributed by atoms with Crippen LogP contribution in [0.5, 0.6) is 0 Å². The molecule has 0 fully saturated rings. The van der Waals surface area contributed by atoms with E-state index in [-0.39, 0.29) is 11.9 Å². The van der Waals surface area contributed by atoms with Gasteiger partial charge in [-0.3, -0.25) is 4.79 Å². The van der Waals surface area contributed by atoms with E-state index in [1.54, 1.807) is 30.5 Å². The Labute approximate surface area is 191 Å². The summed E-state index contributed by atoms with van der Waals surface area (Å²) in [5, 5.41) is 5.22. The van der Waals surface area contributed by atoms with Crippen LogP contribution >= 0.6 is 0 Å². The van der Waals surface area contributed by atoms with E-state index in [9.17, 15) is 4.79 Å². The molecule has 0 atom stereocenters. The minimum Gasteiger partial charge on any atom is -0.463 e. The van der Waals surface area contributed by atoms with Gasteiger partial charge in [0.1, 0.15) is 11.5 Å². The molecular formula is C25H26N6O2. The number of aryl methyl sites for hydroxylation is 1. The molecule has 5 aromatic rings. The van der Waals surface area contributed by atoms with Crippen molar-refractivity contribution in [1.29, 1.82) is 0 Å². The monoisotopic (exact) mass is 442 g/mol. The van der Waals surface area contributed by atoms with Crippen LogP contribution in [0, 0.1) is 0 Å². The van der Waals surface area contributed by atoms with Crippen LogP contribution in [0.1, 0.15) is 43.0 Å². The summed E-state index contributed by atoms with van der Waals surface area (Å²) in [6, 6.07) is 13.6. The second-order valence-electron chi connectivity index (χ2n) is 8.37. The van der Waals surface area contributed by atoms with Crippen LogP contribution in [0.3, 0.4) is 0 Å². The van der Waals surface area contributed by atoms with Gasteiger partial charge in [-0.2, -0.15) is 5.10 Å². The van der Waals surface area contributed by atoms with Gasteiger partial charge in [0.15, 0.2) is 11.4 Å². The number of carbonyl (C=O) groups excluding carboxylic acids is 1. The maximum absolute atomic E-state index is 13.7. The summed E-state index contributed by atoms with van der Waals surface area (Å²) in [6.07, 6.45) is 3.32. The molecule has 0 aliphatic rings. The van der Waals surface area contributed by atoms with Crippen LogP contribution < -0.4 is 0 Å². The molecule has 4 aromatic heterocycles. The Hall–Kier alpha value is -3.94. The third-order valence-corrected chi connectivity index (χ3v) is 5.84. The Bertz CT molecular complexity index is 1440. The van der Waals surface area contributed by atoms with Gasteiger partial charge >= 0.3 is 0 Å². The van der Waals surface area contributed by atoms with Crippen molar-refractivity contribution < 1.29 is 9.21 Å². The maximum Gasteiger partial charge on any atom is 0.254 e. The Morgan fingerprint density at radius 1 is 1.15 bits per heavy atom. The number of pyridine rings is 1. The van der Waals surface area contributed by atoms with E-state index in [0.717, 1.165) is 28.8 Å². The summed E-state index contributed by atoms with van der Waals surface area (Å²) in [5.41, 5.74) is 3.81. The fourth-order valence-corrected chi connectivity index (χ4v) is 4.21. The number of para-hydroxylation sites is 2. The highest BCUT2D eigenvalue weighted by atomic mass is 16.3. The molecule has 4 heterocycles. The third kappa shape index (κ3) is 3.57. The molecule has 0 saturated heterocycles. The van der Waals surface area contributed by atoms with Gasteiger partial charge in [-0.15, -0.1) is 0 Å². The number of imidazole rings is 1.